The quantitative estimate of drug-likeness (QED) is 0.246. The van der Waals surface area contributed by atoms with Crippen molar-refractivity contribution in [1.29, 1.82) is 0 Å². The van der Waals surface area contributed by atoms with Crippen molar-refractivity contribution in [2.45, 2.75) is 76.3 Å². The summed E-state index contributed by atoms with van der Waals surface area (Å²) >= 11 is 0. The highest BCUT2D eigenvalue weighted by Crippen LogP contribution is 2.27. The summed E-state index contributed by atoms with van der Waals surface area (Å²) in [6.45, 7) is 10.7. The highest BCUT2D eigenvalue weighted by molar-refractivity contribution is 6.76. The van der Waals surface area contributed by atoms with Gasteiger partial charge in [-0.3, -0.25) is 4.90 Å². The van der Waals surface area contributed by atoms with Gasteiger partial charge in [0, 0.05) is 14.6 Å². The molecule has 1 heterocycles. The monoisotopic (exact) mass is 547 g/mol. The Hall–Kier alpha value is -2.32. The third-order valence-electron chi connectivity index (χ3n) is 7.35. The lowest BCUT2D eigenvalue weighted by Crippen LogP contribution is -2.64. The zero-order valence-electron chi connectivity index (χ0n) is 23.7. The number of hydrogen-bond donors (Lipinski definition) is 1. The van der Waals surface area contributed by atoms with Crippen LogP contribution < -0.4 is 0 Å². The molecule has 4 atom stereocenters. The van der Waals surface area contributed by atoms with Gasteiger partial charge in [-0.25, -0.2) is 0 Å². The normalized spacial score (nSPS) is 22.2. The van der Waals surface area contributed by atoms with Crippen LogP contribution in [-0.4, -0.2) is 62.1 Å². The first-order valence-electron chi connectivity index (χ1n) is 14.2. The van der Waals surface area contributed by atoms with Crippen LogP contribution in [0.4, 0.5) is 0 Å². The second-order valence-electron chi connectivity index (χ2n) is 11.8. The Kier molecular flexibility index (Phi) is 11.3. The molecule has 0 saturated carbocycles. The molecule has 0 aliphatic carbocycles. The first-order valence-corrected chi connectivity index (χ1v) is 17.9. The molecule has 0 aromatic heterocycles. The molecule has 0 radical (unpaired) electrons. The average Bonchev–Trinajstić information content (AvgIpc) is 2.94. The van der Waals surface area contributed by atoms with E-state index < -0.39 is 20.3 Å². The van der Waals surface area contributed by atoms with Crippen LogP contribution in [0.2, 0.25) is 25.7 Å². The Morgan fingerprint density at radius 1 is 0.744 bits per heavy atom. The lowest BCUT2D eigenvalue weighted by molar-refractivity contribution is -0.193. The minimum Gasteiger partial charge on any atom is -0.389 e. The highest BCUT2D eigenvalue weighted by atomic mass is 28.3. The van der Waals surface area contributed by atoms with Gasteiger partial charge in [-0.2, -0.15) is 0 Å². The molecule has 0 amide bonds. The lowest BCUT2D eigenvalue weighted by Gasteiger charge is -2.47. The topological polar surface area (TPSA) is 51.2 Å². The number of benzene rings is 3. The summed E-state index contributed by atoms with van der Waals surface area (Å²) in [7, 11) is -1.17. The number of piperidine rings is 1. The van der Waals surface area contributed by atoms with Crippen molar-refractivity contribution in [3.05, 3.63) is 108 Å². The van der Waals surface area contributed by atoms with E-state index in [9.17, 15) is 5.11 Å². The van der Waals surface area contributed by atoms with Gasteiger partial charge in [-0.15, -0.1) is 0 Å². The highest BCUT2D eigenvalue weighted by Gasteiger charge is 2.44. The molecule has 4 rings (SSSR count). The number of nitrogens with zero attached hydrogens (tertiary/aromatic N) is 1. The van der Waals surface area contributed by atoms with Crippen LogP contribution in [-0.2, 0) is 34.0 Å². The van der Waals surface area contributed by atoms with Crippen LogP contribution in [0.5, 0.6) is 0 Å². The maximum atomic E-state index is 11.8. The smallest absolute Gasteiger partial charge is 0.113 e. The zero-order valence-corrected chi connectivity index (χ0v) is 24.7. The first-order chi connectivity index (χ1) is 18.9. The molecule has 1 saturated heterocycles. The van der Waals surface area contributed by atoms with Crippen molar-refractivity contribution in [1.82, 2.24) is 4.90 Å². The molecule has 5 nitrogen and oxygen atoms in total. The second-order valence-corrected chi connectivity index (χ2v) is 17.4. The minimum atomic E-state index is -1.17. The zero-order chi connectivity index (χ0) is 27.5. The van der Waals surface area contributed by atoms with Crippen molar-refractivity contribution >= 4 is 8.07 Å². The standard InChI is InChI=1S/C33H45NO4Si/c1-39(2,3)21-13-20-34-22-31(37-24-28-16-9-5-10-17-28)33(38-25-29-18-11-6-12-19-29)32(35)30(34)26-36-23-27-14-7-4-8-15-27/h4-12,14-19,30-33,35H,13,20-26H2,1-3H3/t30?,31-,32+,33+/m0/s1. The number of hydrogen-bond acceptors (Lipinski definition) is 5. The molecular formula is C33H45NO4Si. The predicted octanol–water partition coefficient (Wildman–Crippen LogP) is 6.15. The molecule has 1 N–H and O–H groups in total. The molecule has 3 aromatic carbocycles. The summed E-state index contributed by atoms with van der Waals surface area (Å²) in [6, 6.07) is 31.7. The van der Waals surface area contributed by atoms with Crippen LogP contribution >= 0.6 is 0 Å². The van der Waals surface area contributed by atoms with Crippen molar-refractivity contribution in [2.24, 2.45) is 0 Å². The van der Waals surface area contributed by atoms with Crippen molar-refractivity contribution in [3.63, 3.8) is 0 Å². The summed E-state index contributed by atoms with van der Waals surface area (Å²) in [4.78, 5) is 2.38. The molecule has 6 heteroatoms. The summed E-state index contributed by atoms with van der Waals surface area (Å²) in [5.41, 5.74) is 3.34. The summed E-state index contributed by atoms with van der Waals surface area (Å²) in [5.74, 6) is 0. The largest absolute Gasteiger partial charge is 0.389 e. The Balaban J connectivity index is 1.49. The maximum absolute atomic E-state index is 11.8. The molecule has 0 spiro atoms. The first kappa shape index (κ1) is 29.7. The number of rotatable bonds is 14. The minimum absolute atomic E-state index is 0.160. The predicted molar refractivity (Wildman–Crippen MR) is 160 cm³/mol. The van der Waals surface area contributed by atoms with Gasteiger partial charge in [0.2, 0.25) is 0 Å². The van der Waals surface area contributed by atoms with Crippen LogP contribution in [0, 0.1) is 0 Å². The molecule has 1 aliphatic rings. The van der Waals surface area contributed by atoms with Gasteiger partial charge in [-0.1, -0.05) is 117 Å². The number of aliphatic hydroxyl groups is 1. The van der Waals surface area contributed by atoms with Crippen LogP contribution in [0.25, 0.3) is 0 Å². The average molecular weight is 548 g/mol. The fourth-order valence-electron chi connectivity index (χ4n) is 5.17. The van der Waals surface area contributed by atoms with E-state index in [1.54, 1.807) is 0 Å². The lowest BCUT2D eigenvalue weighted by atomic mass is 9.93. The van der Waals surface area contributed by atoms with Crippen LogP contribution in [0.15, 0.2) is 91.0 Å². The van der Waals surface area contributed by atoms with Gasteiger partial charge in [0.05, 0.1) is 38.6 Å². The molecule has 210 valence electrons. The summed E-state index contributed by atoms with van der Waals surface area (Å²) < 4.78 is 19.1. The van der Waals surface area contributed by atoms with E-state index in [0.717, 1.165) is 29.7 Å². The Morgan fingerprint density at radius 3 is 1.79 bits per heavy atom. The van der Waals surface area contributed by atoms with Gasteiger partial charge in [0.15, 0.2) is 0 Å². The second kappa shape index (κ2) is 14.9. The number of ether oxygens (including phenoxy) is 3. The Labute approximate surface area is 235 Å². The molecule has 1 unspecified atom stereocenters. The Morgan fingerprint density at radius 2 is 1.26 bits per heavy atom. The van der Waals surface area contributed by atoms with E-state index in [4.69, 9.17) is 14.2 Å². The number of likely N-dealkylation sites (tertiary alicyclic amines) is 1. The maximum Gasteiger partial charge on any atom is 0.113 e. The molecule has 1 fully saturated rings. The molecular weight excluding hydrogens is 502 g/mol. The fraction of sp³-hybridized carbons (Fsp3) is 0.455. The molecule has 39 heavy (non-hydrogen) atoms. The van der Waals surface area contributed by atoms with E-state index in [-0.39, 0.29) is 12.1 Å². The van der Waals surface area contributed by atoms with Crippen LogP contribution in [0.3, 0.4) is 0 Å². The van der Waals surface area contributed by atoms with Crippen LogP contribution in [0.1, 0.15) is 23.1 Å². The van der Waals surface area contributed by atoms with Gasteiger partial charge < -0.3 is 19.3 Å². The third kappa shape index (κ3) is 9.67. The van der Waals surface area contributed by atoms with E-state index in [0.29, 0.717) is 33.0 Å². The number of aliphatic hydroxyl groups excluding tert-OH is 1. The van der Waals surface area contributed by atoms with Gasteiger partial charge in [-0.05, 0) is 29.7 Å². The summed E-state index contributed by atoms with van der Waals surface area (Å²) in [6.07, 6.45) is -0.321. The fourth-order valence-corrected chi connectivity index (χ4v) is 6.39. The van der Waals surface area contributed by atoms with Crippen molar-refractivity contribution < 1.29 is 19.3 Å². The van der Waals surface area contributed by atoms with E-state index in [2.05, 4.69) is 60.9 Å². The Bertz CT molecular complexity index is 1080. The summed E-state index contributed by atoms with van der Waals surface area (Å²) in [5, 5.41) is 11.8. The molecule has 0 bridgehead atoms. The van der Waals surface area contributed by atoms with Gasteiger partial charge >= 0.3 is 0 Å². The van der Waals surface area contributed by atoms with Crippen molar-refractivity contribution in [3.8, 4) is 0 Å². The molecule has 3 aromatic rings. The van der Waals surface area contributed by atoms with Gasteiger partial charge in [0.1, 0.15) is 12.2 Å². The SMILES string of the molecule is C[Si](C)(C)CCCN1C[C@H](OCc2ccccc2)[C@@H](OCc2ccccc2)[C@H](O)C1COCc1ccccc1. The third-order valence-corrected chi connectivity index (χ3v) is 9.20. The van der Waals surface area contributed by atoms with Gasteiger partial charge in [0.25, 0.3) is 0 Å². The van der Waals surface area contributed by atoms with E-state index in [1.165, 1.54) is 6.04 Å². The van der Waals surface area contributed by atoms with E-state index in [1.807, 2.05) is 54.6 Å². The van der Waals surface area contributed by atoms with E-state index >= 15 is 0 Å². The van der Waals surface area contributed by atoms with Crippen molar-refractivity contribution in [2.75, 3.05) is 19.7 Å². The molecule has 1 aliphatic heterocycles.